The molecule has 0 unspecified atom stereocenters. The highest BCUT2D eigenvalue weighted by Crippen LogP contribution is 2.48. The van der Waals surface area contributed by atoms with Crippen molar-refractivity contribution in [2.75, 3.05) is 12.3 Å². The number of benzene rings is 4. The lowest BCUT2D eigenvalue weighted by Gasteiger charge is -2.26. The van der Waals surface area contributed by atoms with Crippen LogP contribution in [-0.2, 0) is 15.4 Å². The molecule has 1 heterocycles. The first-order valence-electron chi connectivity index (χ1n) is 15.0. The molecule has 4 aromatic rings. The lowest BCUT2D eigenvalue weighted by molar-refractivity contribution is 0.448. The van der Waals surface area contributed by atoms with Crippen molar-refractivity contribution in [1.29, 1.82) is 5.41 Å². The Kier molecular flexibility index (Phi) is 9.20. The summed E-state index contributed by atoms with van der Waals surface area (Å²) in [4.78, 5) is 5.54. The normalized spacial score (nSPS) is 13.3. The van der Waals surface area contributed by atoms with Crippen LogP contribution in [0.2, 0.25) is 0 Å². The van der Waals surface area contributed by atoms with Crippen molar-refractivity contribution in [2.24, 2.45) is 10.7 Å². The molecule has 0 saturated carbocycles. The number of nitrogens with one attached hydrogen (secondary N) is 2. The van der Waals surface area contributed by atoms with Gasteiger partial charge in [-0.15, -0.1) is 11.8 Å². The Hall–Kier alpha value is -3.66. The summed E-state index contributed by atoms with van der Waals surface area (Å²) in [6.45, 7) is 10.9. The van der Waals surface area contributed by atoms with Crippen molar-refractivity contribution in [3.8, 4) is 22.6 Å². The molecule has 0 bridgehead atoms. The molecule has 0 atom stereocenters. The van der Waals surface area contributed by atoms with Crippen LogP contribution in [0.3, 0.4) is 0 Å². The summed E-state index contributed by atoms with van der Waals surface area (Å²) >= 11 is 1.74. The molecule has 4 aromatic carbocycles. The third kappa shape index (κ3) is 6.27. The predicted molar refractivity (Wildman–Crippen MR) is 183 cm³/mol. The van der Waals surface area contributed by atoms with E-state index >= 15 is 0 Å². The first-order valence-corrected chi connectivity index (χ1v) is 17.5. The van der Waals surface area contributed by atoms with E-state index in [2.05, 4.69) is 56.5 Å². The molecule has 1 aliphatic rings. The maximum absolute atomic E-state index is 13.5. The van der Waals surface area contributed by atoms with E-state index in [-0.39, 0.29) is 27.7 Å². The number of nitrogens with two attached hydrogens (primary N) is 1. The molecule has 9 heteroatoms. The Morgan fingerprint density at radius 3 is 2.48 bits per heavy atom. The van der Waals surface area contributed by atoms with Crippen molar-refractivity contribution in [2.45, 2.75) is 69.1 Å². The fourth-order valence-electron chi connectivity index (χ4n) is 5.57. The molecule has 7 nitrogen and oxygen atoms in total. The molecular weight excluding hydrogens is 589 g/mol. The van der Waals surface area contributed by atoms with Gasteiger partial charge >= 0.3 is 0 Å². The molecule has 1 aliphatic heterocycles. The van der Waals surface area contributed by atoms with Crippen LogP contribution in [0, 0.1) is 5.41 Å². The second-order valence-corrected chi connectivity index (χ2v) is 15.0. The van der Waals surface area contributed by atoms with Gasteiger partial charge in [-0.1, -0.05) is 83.9 Å². The third-order valence-corrected chi connectivity index (χ3v) is 10.0. The van der Waals surface area contributed by atoms with E-state index in [1.807, 2.05) is 30.3 Å². The second-order valence-electron chi connectivity index (χ2n) is 11.9. The van der Waals surface area contributed by atoms with Gasteiger partial charge in [0, 0.05) is 39.1 Å². The highest BCUT2D eigenvalue weighted by Gasteiger charge is 2.31. The standard InChI is InChI=1S/C35H40N4O3S2/c1-6-8-11-19-38-44(40,41)28-16-10-9-15-27(28)42-32-26(35(3,4)5)18-17-23-21-25-31(34(37)39-33(25)36)29(30(23)32)22-13-12-14-24(20-22)43-7-2/h9-10,12-18,20-21,38H,6-8,11,19H2,1-5H3,(H3,36,37,39). The monoisotopic (exact) mass is 628 g/mol. The van der Waals surface area contributed by atoms with Crippen LogP contribution < -0.4 is 15.2 Å². The average molecular weight is 629 g/mol. The number of aliphatic imine (C=N–C) groups is 1. The van der Waals surface area contributed by atoms with E-state index in [1.54, 1.807) is 36.0 Å². The van der Waals surface area contributed by atoms with E-state index in [1.165, 1.54) is 0 Å². The smallest absolute Gasteiger partial charge is 0.244 e. The third-order valence-electron chi connectivity index (χ3n) is 7.67. The van der Waals surface area contributed by atoms with Crippen LogP contribution in [0.4, 0.5) is 0 Å². The van der Waals surface area contributed by atoms with Gasteiger partial charge in [-0.3, -0.25) is 5.41 Å². The quantitative estimate of drug-likeness (QED) is 0.114. The molecule has 0 spiro atoms. The largest absolute Gasteiger partial charge is 0.455 e. The summed E-state index contributed by atoms with van der Waals surface area (Å²) in [7, 11) is -3.84. The molecule has 0 aromatic heterocycles. The molecule has 44 heavy (non-hydrogen) atoms. The summed E-state index contributed by atoms with van der Waals surface area (Å²) in [6, 6.07) is 21.0. The number of nitrogens with zero attached hydrogens (tertiary/aromatic N) is 1. The van der Waals surface area contributed by atoms with Gasteiger partial charge in [-0.2, -0.15) is 0 Å². The Morgan fingerprint density at radius 2 is 1.75 bits per heavy atom. The number of rotatable bonds is 11. The zero-order valence-corrected chi connectivity index (χ0v) is 27.6. The van der Waals surface area contributed by atoms with E-state index in [9.17, 15) is 8.42 Å². The summed E-state index contributed by atoms with van der Waals surface area (Å²) in [5, 5.41) is 10.2. The number of hydrogen-bond acceptors (Lipinski definition) is 6. The molecule has 4 N–H and O–H groups in total. The molecule has 0 amide bonds. The van der Waals surface area contributed by atoms with Gasteiger partial charge in [0.25, 0.3) is 0 Å². The van der Waals surface area contributed by atoms with Gasteiger partial charge in [-0.05, 0) is 58.9 Å². The van der Waals surface area contributed by atoms with Crippen LogP contribution in [-0.4, -0.2) is 32.4 Å². The minimum absolute atomic E-state index is 0.0836. The summed E-state index contributed by atoms with van der Waals surface area (Å²) in [5.41, 5.74) is 10.2. The molecule has 230 valence electrons. The summed E-state index contributed by atoms with van der Waals surface area (Å²) in [6.07, 6.45) is 2.71. The Morgan fingerprint density at radius 1 is 0.977 bits per heavy atom. The molecule has 0 saturated heterocycles. The van der Waals surface area contributed by atoms with Crippen molar-refractivity contribution >= 4 is 44.2 Å². The van der Waals surface area contributed by atoms with Crippen LogP contribution >= 0.6 is 11.8 Å². The summed E-state index contributed by atoms with van der Waals surface area (Å²) in [5.74, 6) is 2.12. The Bertz CT molecular complexity index is 1880. The lowest BCUT2D eigenvalue weighted by Crippen LogP contribution is -2.25. The Balaban J connectivity index is 1.80. The number of hydrogen-bond donors (Lipinski definition) is 3. The number of unbranched alkanes of at least 4 members (excludes halogenated alkanes) is 2. The van der Waals surface area contributed by atoms with E-state index in [4.69, 9.17) is 15.9 Å². The molecule has 5 rings (SSSR count). The van der Waals surface area contributed by atoms with Gasteiger partial charge in [0.05, 0.1) is 0 Å². The molecule has 0 aliphatic carbocycles. The topological polar surface area (TPSA) is 118 Å². The van der Waals surface area contributed by atoms with E-state index in [0.717, 1.165) is 57.4 Å². The minimum Gasteiger partial charge on any atom is -0.455 e. The van der Waals surface area contributed by atoms with Crippen molar-refractivity contribution in [3.63, 3.8) is 0 Å². The van der Waals surface area contributed by atoms with Gasteiger partial charge in [0.15, 0.2) is 5.84 Å². The maximum Gasteiger partial charge on any atom is 0.244 e. The first kappa shape index (κ1) is 31.8. The zero-order valence-electron chi connectivity index (χ0n) is 26.0. The van der Waals surface area contributed by atoms with Crippen molar-refractivity contribution in [3.05, 3.63) is 83.4 Å². The number of sulfonamides is 1. The second kappa shape index (κ2) is 12.8. The summed E-state index contributed by atoms with van der Waals surface area (Å²) < 4.78 is 36.6. The number of amidine groups is 2. The molecule has 0 fully saturated rings. The number of thioether (sulfide) groups is 1. The van der Waals surface area contributed by atoms with Gasteiger partial charge in [-0.25, -0.2) is 18.1 Å². The molecular formula is C35H40N4O3S2. The van der Waals surface area contributed by atoms with E-state index in [0.29, 0.717) is 23.4 Å². The van der Waals surface area contributed by atoms with Crippen molar-refractivity contribution in [1.82, 2.24) is 4.72 Å². The fraction of sp³-hybridized carbons (Fsp3) is 0.314. The van der Waals surface area contributed by atoms with Crippen LogP contribution in [0.15, 0.2) is 81.5 Å². The van der Waals surface area contributed by atoms with Crippen LogP contribution in [0.5, 0.6) is 11.5 Å². The van der Waals surface area contributed by atoms with Crippen LogP contribution in [0.1, 0.15) is 70.6 Å². The van der Waals surface area contributed by atoms with Crippen molar-refractivity contribution < 1.29 is 13.2 Å². The van der Waals surface area contributed by atoms with Gasteiger partial charge in [0.2, 0.25) is 10.0 Å². The highest BCUT2D eigenvalue weighted by atomic mass is 32.2. The zero-order chi connectivity index (χ0) is 31.6. The average Bonchev–Trinajstić information content (AvgIpc) is 3.26. The number of ether oxygens (including phenoxy) is 1. The van der Waals surface area contributed by atoms with Gasteiger partial charge in [0.1, 0.15) is 22.2 Å². The number of fused-ring (bicyclic) bond motifs is 2. The van der Waals surface area contributed by atoms with E-state index < -0.39 is 10.0 Å². The SMILES string of the molecule is CCCCCNS(=O)(=O)c1ccccc1Oc1c(C(C)(C)C)ccc2cc3c(c(-c4cccc(SCC)c4)c12)C(N)=NC3=N. The Labute approximate surface area is 264 Å². The first-order chi connectivity index (χ1) is 21.0. The fourth-order valence-corrected chi connectivity index (χ4v) is 7.49. The number of para-hydroxylation sites is 1. The minimum atomic E-state index is -3.84. The molecule has 0 radical (unpaired) electrons. The highest BCUT2D eigenvalue weighted by molar-refractivity contribution is 7.99. The lowest BCUT2D eigenvalue weighted by atomic mass is 9.82. The van der Waals surface area contributed by atoms with Crippen LogP contribution in [0.25, 0.3) is 21.9 Å². The maximum atomic E-state index is 13.5. The van der Waals surface area contributed by atoms with Gasteiger partial charge < -0.3 is 10.5 Å². The predicted octanol–water partition coefficient (Wildman–Crippen LogP) is 8.22.